The van der Waals surface area contributed by atoms with Gasteiger partial charge < -0.3 is 15.5 Å². The van der Waals surface area contributed by atoms with Gasteiger partial charge in [-0.1, -0.05) is 6.08 Å². The average Bonchev–Trinajstić information content (AvgIpc) is 2.68. The number of amides is 2. The van der Waals surface area contributed by atoms with Gasteiger partial charge in [-0.05, 0) is 62.4 Å². The number of hydrogen-bond donors (Lipinski definition) is 2. The van der Waals surface area contributed by atoms with E-state index in [-0.39, 0.29) is 11.8 Å². The number of nitrogens with one attached hydrogen (secondary N) is 2. The molecule has 0 atom stereocenters. The molecule has 0 spiro atoms. The van der Waals surface area contributed by atoms with Crippen molar-refractivity contribution < 1.29 is 9.59 Å². The number of hydrogen-bond acceptors (Lipinski definition) is 3. The molecule has 0 bridgehead atoms. The van der Waals surface area contributed by atoms with E-state index >= 15 is 0 Å². The van der Waals surface area contributed by atoms with Crippen LogP contribution in [-0.2, 0) is 0 Å². The normalized spacial score (nSPS) is 10.1. The fraction of sp³-hybridized carbons (Fsp3) is 0.238. The first-order valence-corrected chi connectivity index (χ1v) is 8.74. The summed E-state index contributed by atoms with van der Waals surface area (Å²) >= 11 is 0. The van der Waals surface area contributed by atoms with Crippen LogP contribution in [0.1, 0.15) is 34.6 Å². The summed E-state index contributed by atoms with van der Waals surface area (Å²) in [6.45, 7) is 10.1. The molecule has 0 aliphatic carbocycles. The molecule has 2 aromatic rings. The lowest BCUT2D eigenvalue weighted by Crippen LogP contribution is -2.23. The predicted octanol–water partition coefficient (Wildman–Crippen LogP) is 3.70. The molecule has 0 heterocycles. The van der Waals surface area contributed by atoms with E-state index in [1.165, 1.54) is 0 Å². The summed E-state index contributed by atoms with van der Waals surface area (Å²) in [5.41, 5.74) is 2.87. The second kappa shape index (κ2) is 9.42. The number of benzene rings is 2. The minimum Gasteiger partial charge on any atom is -0.372 e. The Kier molecular flexibility index (Phi) is 6.97. The van der Waals surface area contributed by atoms with Crippen LogP contribution in [0.5, 0.6) is 0 Å². The highest BCUT2D eigenvalue weighted by atomic mass is 16.2. The average molecular weight is 351 g/mol. The Hall–Kier alpha value is -3.08. The monoisotopic (exact) mass is 351 g/mol. The first-order valence-electron chi connectivity index (χ1n) is 8.74. The molecule has 0 fully saturated rings. The minimum atomic E-state index is -0.210. The van der Waals surface area contributed by atoms with E-state index in [1.807, 2.05) is 24.3 Å². The Morgan fingerprint density at radius 1 is 0.923 bits per heavy atom. The van der Waals surface area contributed by atoms with Crippen LogP contribution in [0.25, 0.3) is 0 Å². The van der Waals surface area contributed by atoms with Crippen LogP contribution in [0, 0.1) is 0 Å². The molecule has 0 aliphatic rings. The maximum Gasteiger partial charge on any atom is 0.255 e. The van der Waals surface area contributed by atoms with Gasteiger partial charge in [-0.15, -0.1) is 6.58 Å². The number of carbonyl (C=O) groups excluding carboxylic acids is 2. The van der Waals surface area contributed by atoms with E-state index in [9.17, 15) is 9.59 Å². The number of carbonyl (C=O) groups is 2. The molecular formula is C21H25N3O2. The zero-order chi connectivity index (χ0) is 18.9. The predicted molar refractivity (Wildman–Crippen MR) is 107 cm³/mol. The minimum absolute atomic E-state index is 0.191. The van der Waals surface area contributed by atoms with Crippen molar-refractivity contribution in [2.75, 3.05) is 29.9 Å². The Morgan fingerprint density at radius 2 is 1.46 bits per heavy atom. The Balaban J connectivity index is 2.01. The Morgan fingerprint density at radius 3 is 1.96 bits per heavy atom. The van der Waals surface area contributed by atoms with Crippen molar-refractivity contribution in [3.05, 3.63) is 72.3 Å². The maximum atomic E-state index is 12.4. The largest absolute Gasteiger partial charge is 0.372 e. The third kappa shape index (κ3) is 4.96. The SMILES string of the molecule is C=CCNC(=O)c1ccc(C(=O)Nc2ccc(N(CC)CC)cc2)cc1. The fourth-order valence-electron chi connectivity index (χ4n) is 2.59. The maximum absolute atomic E-state index is 12.4. The summed E-state index contributed by atoms with van der Waals surface area (Å²) in [5.74, 6) is -0.400. The second-order valence-electron chi connectivity index (χ2n) is 5.75. The molecule has 2 N–H and O–H groups in total. The standard InChI is InChI=1S/C21H25N3O2/c1-4-15-22-20(25)16-7-9-17(10-8-16)21(26)23-18-11-13-19(14-12-18)24(5-2)6-3/h4,7-14H,1,5-6,15H2,2-3H3,(H,22,25)(H,23,26). The van der Waals surface area contributed by atoms with Crippen LogP contribution in [-0.4, -0.2) is 31.4 Å². The molecule has 5 heteroatoms. The van der Waals surface area contributed by atoms with E-state index in [4.69, 9.17) is 0 Å². The topological polar surface area (TPSA) is 61.4 Å². The lowest BCUT2D eigenvalue weighted by atomic mass is 10.1. The van der Waals surface area contributed by atoms with Crippen molar-refractivity contribution in [2.24, 2.45) is 0 Å². The smallest absolute Gasteiger partial charge is 0.255 e. The Labute approximate surface area is 154 Å². The summed E-state index contributed by atoms with van der Waals surface area (Å²) in [7, 11) is 0. The zero-order valence-electron chi connectivity index (χ0n) is 15.3. The van der Waals surface area contributed by atoms with Crippen molar-refractivity contribution in [3.8, 4) is 0 Å². The second-order valence-corrected chi connectivity index (χ2v) is 5.75. The molecule has 0 unspecified atom stereocenters. The highest BCUT2D eigenvalue weighted by Crippen LogP contribution is 2.18. The number of nitrogens with zero attached hydrogens (tertiary/aromatic N) is 1. The van der Waals surface area contributed by atoms with E-state index < -0.39 is 0 Å². The van der Waals surface area contributed by atoms with Gasteiger partial charge in [0.2, 0.25) is 0 Å². The van der Waals surface area contributed by atoms with Gasteiger partial charge in [0.05, 0.1) is 0 Å². The van der Waals surface area contributed by atoms with Crippen molar-refractivity contribution in [3.63, 3.8) is 0 Å². The van der Waals surface area contributed by atoms with Gasteiger partial charge in [-0.2, -0.15) is 0 Å². The third-order valence-electron chi connectivity index (χ3n) is 4.07. The summed E-state index contributed by atoms with van der Waals surface area (Å²) in [5, 5.41) is 5.57. The lowest BCUT2D eigenvalue weighted by Gasteiger charge is -2.21. The summed E-state index contributed by atoms with van der Waals surface area (Å²) in [6, 6.07) is 14.3. The van der Waals surface area contributed by atoms with E-state index in [0.717, 1.165) is 24.5 Å². The molecule has 0 aliphatic heterocycles. The molecule has 0 aromatic heterocycles. The van der Waals surface area contributed by atoms with Gasteiger partial charge in [-0.25, -0.2) is 0 Å². The van der Waals surface area contributed by atoms with E-state index in [0.29, 0.717) is 17.7 Å². The molecule has 26 heavy (non-hydrogen) atoms. The molecule has 0 radical (unpaired) electrons. The number of rotatable bonds is 8. The third-order valence-corrected chi connectivity index (χ3v) is 4.07. The quantitative estimate of drug-likeness (QED) is 0.713. The summed E-state index contributed by atoms with van der Waals surface area (Å²) in [4.78, 5) is 26.4. The molecule has 136 valence electrons. The first kappa shape index (κ1) is 19.2. The van der Waals surface area contributed by atoms with Crippen LogP contribution in [0.3, 0.4) is 0 Å². The van der Waals surface area contributed by atoms with Crippen molar-refractivity contribution in [2.45, 2.75) is 13.8 Å². The number of anilines is 2. The van der Waals surface area contributed by atoms with E-state index in [1.54, 1.807) is 30.3 Å². The van der Waals surface area contributed by atoms with Crippen LogP contribution in [0.2, 0.25) is 0 Å². The van der Waals surface area contributed by atoms with Crippen molar-refractivity contribution in [1.82, 2.24) is 5.32 Å². The van der Waals surface area contributed by atoms with Crippen LogP contribution >= 0.6 is 0 Å². The lowest BCUT2D eigenvalue weighted by molar-refractivity contribution is 0.0956. The van der Waals surface area contributed by atoms with Crippen molar-refractivity contribution in [1.29, 1.82) is 0 Å². The zero-order valence-corrected chi connectivity index (χ0v) is 15.3. The Bertz CT molecular complexity index is 748. The van der Waals surface area contributed by atoms with Crippen LogP contribution in [0.15, 0.2) is 61.2 Å². The molecular weight excluding hydrogens is 326 g/mol. The van der Waals surface area contributed by atoms with Gasteiger partial charge in [0.1, 0.15) is 0 Å². The molecule has 5 nitrogen and oxygen atoms in total. The highest BCUT2D eigenvalue weighted by molar-refractivity contribution is 6.05. The van der Waals surface area contributed by atoms with Gasteiger partial charge in [0.25, 0.3) is 11.8 Å². The van der Waals surface area contributed by atoms with Gasteiger partial charge in [0, 0.05) is 42.1 Å². The molecule has 2 aromatic carbocycles. The summed E-state index contributed by atoms with van der Waals surface area (Å²) < 4.78 is 0. The highest BCUT2D eigenvalue weighted by Gasteiger charge is 2.09. The summed E-state index contributed by atoms with van der Waals surface area (Å²) in [6.07, 6.45) is 1.62. The van der Waals surface area contributed by atoms with Gasteiger partial charge in [0.15, 0.2) is 0 Å². The van der Waals surface area contributed by atoms with Gasteiger partial charge in [-0.3, -0.25) is 9.59 Å². The van der Waals surface area contributed by atoms with Gasteiger partial charge >= 0.3 is 0 Å². The first-order chi connectivity index (χ1) is 12.6. The van der Waals surface area contributed by atoms with Crippen molar-refractivity contribution >= 4 is 23.2 Å². The molecule has 0 saturated heterocycles. The van der Waals surface area contributed by atoms with Crippen LogP contribution in [0.4, 0.5) is 11.4 Å². The van der Waals surface area contributed by atoms with E-state index in [2.05, 4.69) is 36.0 Å². The molecule has 2 amide bonds. The van der Waals surface area contributed by atoms with Crippen LogP contribution < -0.4 is 15.5 Å². The molecule has 0 saturated carbocycles. The fourth-order valence-corrected chi connectivity index (χ4v) is 2.59. The molecule has 2 rings (SSSR count).